The van der Waals surface area contributed by atoms with Crippen molar-refractivity contribution >= 4 is 41.5 Å². The Kier molecular flexibility index (Phi) is 5.64. The number of nitrogens with zero attached hydrogens (tertiary/aromatic N) is 3. The lowest BCUT2D eigenvalue weighted by Crippen LogP contribution is -2.28. The van der Waals surface area contributed by atoms with Crippen LogP contribution in [0.15, 0.2) is 53.7 Å². The number of halogens is 1. The number of nitrogens with one attached hydrogen (secondary N) is 1. The fourth-order valence-electron chi connectivity index (χ4n) is 3.13. The lowest BCUT2D eigenvalue weighted by Gasteiger charge is -2.24. The first kappa shape index (κ1) is 18.5. The molecule has 0 fully saturated rings. The summed E-state index contributed by atoms with van der Waals surface area (Å²) >= 11 is 1.35. The van der Waals surface area contributed by atoms with Gasteiger partial charge in [-0.3, -0.25) is 14.8 Å². The van der Waals surface area contributed by atoms with E-state index in [2.05, 4.69) is 27.3 Å². The molecule has 7 heteroatoms. The van der Waals surface area contributed by atoms with Crippen molar-refractivity contribution in [3.05, 3.63) is 65.5 Å². The molecule has 0 aliphatic carbocycles. The van der Waals surface area contributed by atoms with E-state index < -0.39 is 0 Å². The maximum atomic E-state index is 13.1. The van der Waals surface area contributed by atoms with Crippen LogP contribution in [0.3, 0.4) is 0 Å². The van der Waals surface area contributed by atoms with E-state index in [1.165, 1.54) is 22.9 Å². The summed E-state index contributed by atoms with van der Waals surface area (Å²) < 4.78 is 0. The maximum absolute atomic E-state index is 13.1. The fourth-order valence-corrected chi connectivity index (χ4v) is 3.82. The third-order valence-electron chi connectivity index (χ3n) is 4.28. The van der Waals surface area contributed by atoms with Gasteiger partial charge in [0.1, 0.15) is 5.82 Å². The molecule has 2 aromatic carbocycles. The maximum Gasteiger partial charge on any atom is 0.242 e. The van der Waals surface area contributed by atoms with Crippen molar-refractivity contribution in [2.75, 3.05) is 10.7 Å². The summed E-state index contributed by atoms with van der Waals surface area (Å²) in [6.45, 7) is 1.85. The quantitative estimate of drug-likeness (QED) is 0.688. The molecule has 0 atom stereocenters. The lowest BCUT2D eigenvalue weighted by molar-refractivity contribution is -0.115. The summed E-state index contributed by atoms with van der Waals surface area (Å²) in [4.78, 5) is 19.2. The van der Waals surface area contributed by atoms with E-state index >= 15 is 0 Å². The van der Waals surface area contributed by atoms with E-state index in [1.54, 1.807) is 0 Å². The van der Waals surface area contributed by atoms with Crippen molar-refractivity contribution < 1.29 is 4.79 Å². The molecule has 5 nitrogen and oxygen atoms in total. The Hall–Kier alpha value is -2.31. The zero-order valence-corrected chi connectivity index (χ0v) is 15.9. The van der Waals surface area contributed by atoms with Crippen molar-refractivity contribution in [3.8, 4) is 0 Å². The van der Waals surface area contributed by atoms with Crippen molar-refractivity contribution in [3.63, 3.8) is 0 Å². The Bertz CT molecular complexity index is 880. The molecular formula is C19H19ClN4OS. The molecule has 0 unspecified atom stereocenters. The van der Waals surface area contributed by atoms with Gasteiger partial charge >= 0.3 is 0 Å². The second-order valence-corrected chi connectivity index (χ2v) is 6.92. The first-order chi connectivity index (χ1) is 12.2. The number of para-hydroxylation sites is 2. The van der Waals surface area contributed by atoms with Gasteiger partial charge in [0.25, 0.3) is 0 Å². The van der Waals surface area contributed by atoms with E-state index in [0.29, 0.717) is 10.9 Å². The molecular weight excluding hydrogens is 368 g/mol. The average Bonchev–Trinajstić information content (AvgIpc) is 2.97. The highest BCUT2D eigenvalue weighted by atomic mass is 35.5. The van der Waals surface area contributed by atoms with E-state index in [9.17, 15) is 4.79 Å². The number of carbonyl (C=O) groups is 1. The predicted molar refractivity (Wildman–Crippen MR) is 107 cm³/mol. The van der Waals surface area contributed by atoms with Gasteiger partial charge in [-0.05, 0) is 43.0 Å². The Labute approximate surface area is 162 Å². The van der Waals surface area contributed by atoms with Crippen LogP contribution in [0.1, 0.15) is 17.0 Å². The normalized spacial score (nSPS) is 12.6. The smallest absolute Gasteiger partial charge is 0.242 e. The number of hydrogen-bond donors (Lipinski definition) is 1. The van der Waals surface area contributed by atoms with Crippen molar-refractivity contribution in [2.45, 2.75) is 24.9 Å². The molecule has 0 saturated carbocycles. The number of amides is 1. The molecule has 0 radical (unpaired) electrons. The minimum atomic E-state index is 0. The molecule has 1 aliphatic heterocycles. The van der Waals surface area contributed by atoms with Crippen molar-refractivity contribution in [1.82, 2.24) is 15.2 Å². The molecule has 134 valence electrons. The van der Waals surface area contributed by atoms with Crippen LogP contribution in [0.25, 0.3) is 0 Å². The van der Waals surface area contributed by atoms with Crippen LogP contribution in [-0.4, -0.2) is 26.8 Å². The van der Waals surface area contributed by atoms with Gasteiger partial charge in [-0.2, -0.15) is 0 Å². The standard InChI is InChI=1S/C19H18N4OS.ClH/c1-13-20-19(22-21-13)25-12-18(24)23-16-8-4-2-6-14(16)10-11-15-7-3-5-9-17(15)23;/h2-9H,10-12H2,1H3,(H,20,21,22);1H. The summed E-state index contributed by atoms with van der Waals surface area (Å²) in [5.41, 5.74) is 4.35. The molecule has 1 aliphatic rings. The Morgan fingerprint density at radius 2 is 1.65 bits per heavy atom. The highest BCUT2D eigenvalue weighted by Crippen LogP contribution is 2.36. The highest BCUT2D eigenvalue weighted by molar-refractivity contribution is 7.99. The third kappa shape index (κ3) is 3.61. The van der Waals surface area contributed by atoms with Crippen molar-refractivity contribution in [2.24, 2.45) is 0 Å². The van der Waals surface area contributed by atoms with Crippen LogP contribution in [0.2, 0.25) is 0 Å². The second kappa shape index (κ2) is 7.93. The van der Waals surface area contributed by atoms with Gasteiger partial charge in [0.2, 0.25) is 11.1 Å². The van der Waals surface area contributed by atoms with Crippen LogP contribution in [0.4, 0.5) is 11.4 Å². The number of H-pyrrole nitrogens is 1. The molecule has 1 N–H and O–H groups in total. The largest absolute Gasteiger partial charge is 0.280 e. The monoisotopic (exact) mass is 386 g/mol. The van der Waals surface area contributed by atoms with E-state index in [0.717, 1.165) is 30.0 Å². The van der Waals surface area contributed by atoms with Crippen LogP contribution in [0, 0.1) is 6.92 Å². The molecule has 0 bridgehead atoms. The van der Waals surface area contributed by atoms with E-state index in [-0.39, 0.29) is 18.3 Å². The summed E-state index contributed by atoms with van der Waals surface area (Å²) in [7, 11) is 0. The fraction of sp³-hybridized carbons (Fsp3) is 0.211. The lowest BCUT2D eigenvalue weighted by atomic mass is 10.0. The number of fused-ring (bicyclic) bond motifs is 2. The third-order valence-corrected chi connectivity index (χ3v) is 5.11. The first-order valence-electron chi connectivity index (χ1n) is 8.23. The minimum absolute atomic E-state index is 0. The van der Waals surface area contributed by atoms with Crippen LogP contribution in [-0.2, 0) is 17.6 Å². The average molecular weight is 387 g/mol. The number of rotatable bonds is 3. The first-order valence-corrected chi connectivity index (χ1v) is 9.21. The summed E-state index contributed by atoms with van der Waals surface area (Å²) in [6.07, 6.45) is 1.87. The number of benzene rings is 2. The Morgan fingerprint density at radius 3 is 2.19 bits per heavy atom. The molecule has 26 heavy (non-hydrogen) atoms. The number of thioether (sulfide) groups is 1. The topological polar surface area (TPSA) is 61.9 Å². The van der Waals surface area contributed by atoms with E-state index in [1.807, 2.05) is 48.2 Å². The molecule has 0 saturated heterocycles. The highest BCUT2D eigenvalue weighted by Gasteiger charge is 2.25. The Morgan fingerprint density at radius 1 is 1.08 bits per heavy atom. The molecule has 1 aromatic heterocycles. The number of aryl methyl sites for hydroxylation is 3. The number of hydrogen-bond acceptors (Lipinski definition) is 4. The predicted octanol–water partition coefficient (Wildman–Crippen LogP) is 4.09. The number of carbonyl (C=O) groups excluding carboxylic acids is 1. The van der Waals surface area contributed by atoms with Gasteiger partial charge in [-0.25, -0.2) is 4.98 Å². The van der Waals surface area contributed by atoms with Gasteiger partial charge in [-0.1, -0.05) is 48.2 Å². The Balaban J connectivity index is 0.00000196. The van der Waals surface area contributed by atoms with Crippen LogP contribution in [0.5, 0.6) is 0 Å². The van der Waals surface area contributed by atoms with Gasteiger partial charge in [0.15, 0.2) is 0 Å². The number of aromatic amines is 1. The molecule has 2 heterocycles. The molecule has 3 aromatic rings. The van der Waals surface area contributed by atoms with Gasteiger partial charge < -0.3 is 0 Å². The number of aromatic nitrogens is 3. The molecule has 4 rings (SSSR count). The van der Waals surface area contributed by atoms with E-state index in [4.69, 9.17) is 0 Å². The van der Waals surface area contributed by atoms with Gasteiger partial charge in [0, 0.05) is 0 Å². The van der Waals surface area contributed by atoms with Gasteiger partial charge in [-0.15, -0.1) is 17.5 Å². The summed E-state index contributed by atoms with van der Waals surface area (Å²) in [5.74, 6) is 1.08. The zero-order valence-electron chi connectivity index (χ0n) is 14.3. The summed E-state index contributed by atoms with van der Waals surface area (Å²) in [5, 5.41) is 7.50. The minimum Gasteiger partial charge on any atom is -0.280 e. The van der Waals surface area contributed by atoms with Crippen molar-refractivity contribution in [1.29, 1.82) is 0 Å². The molecule has 0 spiro atoms. The molecule has 1 amide bonds. The van der Waals surface area contributed by atoms with Gasteiger partial charge in [0.05, 0.1) is 17.1 Å². The van der Waals surface area contributed by atoms with Crippen LogP contribution >= 0.6 is 24.2 Å². The second-order valence-electron chi connectivity index (χ2n) is 5.98. The number of anilines is 2. The van der Waals surface area contributed by atoms with Crippen LogP contribution < -0.4 is 4.90 Å². The SMILES string of the molecule is Cc1nc(SCC(=O)N2c3ccccc3CCc3ccccc32)n[nH]1.Cl. The zero-order chi connectivity index (χ0) is 17.2. The summed E-state index contributed by atoms with van der Waals surface area (Å²) in [6, 6.07) is 16.3.